The predicted octanol–water partition coefficient (Wildman–Crippen LogP) is 3.53. The molecule has 0 aromatic carbocycles. The molecule has 0 atom stereocenters. The average Bonchev–Trinajstić information content (AvgIpc) is 2.54. The number of pyridine rings is 1. The van der Waals surface area contributed by atoms with Gasteiger partial charge in [0.2, 0.25) is 0 Å². The molecule has 0 aliphatic rings. The van der Waals surface area contributed by atoms with Gasteiger partial charge in [-0.05, 0) is 32.0 Å². The maximum absolute atomic E-state index is 6.21. The Bertz CT molecular complexity index is 460. The molecule has 0 aliphatic carbocycles. The van der Waals surface area contributed by atoms with Crippen LogP contribution in [0.5, 0.6) is 0 Å². The van der Waals surface area contributed by atoms with E-state index in [9.17, 15) is 0 Å². The van der Waals surface area contributed by atoms with Gasteiger partial charge in [0.05, 0.1) is 10.7 Å². The molecule has 78 valence electrons. The Morgan fingerprint density at radius 2 is 2.27 bits per heavy atom. The number of rotatable bonds is 2. The van der Waals surface area contributed by atoms with Crippen LogP contribution in [0.4, 0.5) is 0 Å². The third-order valence-electron chi connectivity index (χ3n) is 2.51. The fraction of sp³-hybridized carbons (Fsp3) is 0.250. The summed E-state index contributed by atoms with van der Waals surface area (Å²) in [5.41, 5.74) is 3.31. The molecule has 0 bridgehead atoms. The van der Waals surface area contributed by atoms with Gasteiger partial charge < -0.3 is 4.57 Å². The zero-order chi connectivity index (χ0) is 10.8. The molecule has 2 nitrogen and oxygen atoms in total. The SMILES string of the molecule is CCn1c(C)cc(Cl)c1-c1cccnc1. The van der Waals surface area contributed by atoms with Crippen LogP contribution in [0.3, 0.4) is 0 Å². The summed E-state index contributed by atoms with van der Waals surface area (Å²) >= 11 is 6.21. The number of hydrogen-bond acceptors (Lipinski definition) is 1. The maximum Gasteiger partial charge on any atom is 0.0687 e. The van der Waals surface area contributed by atoms with Gasteiger partial charge in [-0.2, -0.15) is 0 Å². The molecular weight excluding hydrogens is 208 g/mol. The Balaban J connectivity index is 2.62. The van der Waals surface area contributed by atoms with Gasteiger partial charge in [-0.25, -0.2) is 0 Å². The van der Waals surface area contributed by atoms with E-state index >= 15 is 0 Å². The van der Waals surface area contributed by atoms with Gasteiger partial charge in [0.25, 0.3) is 0 Å². The van der Waals surface area contributed by atoms with Gasteiger partial charge in [-0.1, -0.05) is 11.6 Å². The summed E-state index contributed by atoms with van der Waals surface area (Å²) in [5, 5.41) is 0.794. The first-order valence-corrected chi connectivity index (χ1v) is 5.38. The summed E-state index contributed by atoms with van der Waals surface area (Å²) in [6.07, 6.45) is 3.61. The van der Waals surface area contributed by atoms with Crippen LogP contribution >= 0.6 is 11.6 Å². The van der Waals surface area contributed by atoms with Gasteiger partial charge in [0.15, 0.2) is 0 Å². The van der Waals surface area contributed by atoms with E-state index in [2.05, 4.69) is 23.4 Å². The molecule has 0 fully saturated rings. The number of aryl methyl sites for hydroxylation is 1. The van der Waals surface area contributed by atoms with Crippen molar-refractivity contribution in [2.45, 2.75) is 20.4 Å². The highest BCUT2D eigenvalue weighted by Gasteiger charge is 2.11. The second-order valence-corrected chi connectivity index (χ2v) is 3.88. The first-order valence-electron chi connectivity index (χ1n) is 5.00. The van der Waals surface area contributed by atoms with E-state index in [0.717, 1.165) is 22.8 Å². The van der Waals surface area contributed by atoms with E-state index in [0.29, 0.717) is 0 Å². The Morgan fingerprint density at radius 1 is 1.47 bits per heavy atom. The third kappa shape index (κ3) is 1.77. The molecule has 15 heavy (non-hydrogen) atoms. The first-order chi connectivity index (χ1) is 7.24. The lowest BCUT2D eigenvalue weighted by Crippen LogP contribution is -1.99. The van der Waals surface area contributed by atoms with Gasteiger partial charge in [0, 0.05) is 30.2 Å². The lowest BCUT2D eigenvalue weighted by atomic mass is 10.2. The largest absolute Gasteiger partial charge is 0.344 e. The van der Waals surface area contributed by atoms with E-state index in [4.69, 9.17) is 11.6 Å². The van der Waals surface area contributed by atoms with Crippen LogP contribution in [-0.2, 0) is 6.54 Å². The molecule has 0 N–H and O–H groups in total. The number of aromatic nitrogens is 2. The van der Waals surface area contributed by atoms with Crippen molar-refractivity contribution >= 4 is 11.6 Å². The second-order valence-electron chi connectivity index (χ2n) is 3.47. The molecule has 3 heteroatoms. The van der Waals surface area contributed by atoms with Crippen molar-refractivity contribution < 1.29 is 0 Å². The first kappa shape index (κ1) is 10.2. The maximum atomic E-state index is 6.21. The van der Waals surface area contributed by atoms with Gasteiger partial charge in [-0.3, -0.25) is 4.98 Å². The Labute approximate surface area is 94.5 Å². The van der Waals surface area contributed by atoms with Crippen LogP contribution in [-0.4, -0.2) is 9.55 Å². The van der Waals surface area contributed by atoms with E-state index in [1.54, 1.807) is 6.20 Å². The second kappa shape index (κ2) is 4.07. The van der Waals surface area contributed by atoms with Crippen molar-refractivity contribution in [2.75, 3.05) is 0 Å². The summed E-state index contributed by atoms with van der Waals surface area (Å²) in [4.78, 5) is 4.11. The molecule has 0 saturated heterocycles. The summed E-state index contributed by atoms with van der Waals surface area (Å²) in [6.45, 7) is 5.10. The molecule has 0 unspecified atom stereocenters. The van der Waals surface area contributed by atoms with Crippen molar-refractivity contribution in [1.82, 2.24) is 9.55 Å². The summed E-state index contributed by atoms with van der Waals surface area (Å²) in [7, 11) is 0. The van der Waals surface area contributed by atoms with E-state index in [1.165, 1.54) is 5.69 Å². The lowest BCUT2D eigenvalue weighted by molar-refractivity contribution is 0.750. The highest BCUT2D eigenvalue weighted by molar-refractivity contribution is 6.33. The topological polar surface area (TPSA) is 17.8 Å². The molecule has 0 saturated carbocycles. The Hall–Kier alpha value is -1.28. The molecule has 2 aromatic rings. The minimum Gasteiger partial charge on any atom is -0.344 e. The molecule has 2 heterocycles. The van der Waals surface area contributed by atoms with Crippen LogP contribution in [0, 0.1) is 6.92 Å². The van der Waals surface area contributed by atoms with Crippen molar-refractivity contribution in [1.29, 1.82) is 0 Å². The van der Waals surface area contributed by atoms with Crippen molar-refractivity contribution in [3.8, 4) is 11.3 Å². The molecule has 2 rings (SSSR count). The Morgan fingerprint density at radius 3 is 2.87 bits per heavy atom. The number of nitrogens with zero attached hydrogens (tertiary/aromatic N) is 2. The van der Waals surface area contributed by atoms with Crippen LogP contribution in [0.15, 0.2) is 30.6 Å². The number of hydrogen-bond donors (Lipinski definition) is 0. The normalized spacial score (nSPS) is 10.6. The smallest absolute Gasteiger partial charge is 0.0687 e. The average molecular weight is 221 g/mol. The third-order valence-corrected chi connectivity index (χ3v) is 2.80. The summed E-state index contributed by atoms with van der Waals surface area (Å²) < 4.78 is 2.19. The molecule has 0 aliphatic heterocycles. The molecule has 0 radical (unpaired) electrons. The van der Waals surface area contributed by atoms with Crippen LogP contribution in [0.1, 0.15) is 12.6 Å². The number of halogens is 1. The summed E-state index contributed by atoms with van der Waals surface area (Å²) in [6, 6.07) is 5.95. The van der Waals surface area contributed by atoms with Crippen molar-refractivity contribution in [2.24, 2.45) is 0 Å². The molecule has 0 amide bonds. The van der Waals surface area contributed by atoms with Crippen molar-refractivity contribution in [3.63, 3.8) is 0 Å². The predicted molar refractivity (Wildman–Crippen MR) is 63.1 cm³/mol. The van der Waals surface area contributed by atoms with Gasteiger partial charge in [-0.15, -0.1) is 0 Å². The minimum absolute atomic E-state index is 0.794. The zero-order valence-corrected chi connectivity index (χ0v) is 9.62. The lowest BCUT2D eigenvalue weighted by Gasteiger charge is -2.08. The molecular formula is C12H13ClN2. The Kier molecular flexibility index (Phi) is 2.78. The highest BCUT2D eigenvalue weighted by atomic mass is 35.5. The highest BCUT2D eigenvalue weighted by Crippen LogP contribution is 2.30. The standard InChI is InChI=1S/C12H13ClN2/c1-3-15-9(2)7-11(13)12(15)10-5-4-6-14-8-10/h4-8H,3H2,1-2H3. The van der Waals surface area contributed by atoms with Gasteiger partial charge >= 0.3 is 0 Å². The fourth-order valence-corrected chi connectivity index (χ4v) is 2.21. The minimum atomic E-state index is 0.794. The zero-order valence-electron chi connectivity index (χ0n) is 8.87. The van der Waals surface area contributed by atoms with E-state index in [1.807, 2.05) is 24.4 Å². The quantitative estimate of drug-likeness (QED) is 0.757. The van der Waals surface area contributed by atoms with Crippen molar-refractivity contribution in [3.05, 3.63) is 41.3 Å². The molecule has 2 aromatic heterocycles. The van der Waals surface area contributed by atoms with Crippen LogP contribution < -0.4 is 0 Å². The van der Waals surface area contributed by atoms with Gasteiger partial charge in [0.1, 0.15) is 0 Å². The van der Waals surface area contributed by atoms with Crippen LogP contribution in [0.2, 0.25) is 5.02 Å². The fourth-order valence-electron chi connectivity index (χ4n) is 1.84. The molecule has 0 spiro atoms. The van der Waals surface area contributed by atoms with Crippen LogP contribution in [0.25, 0.3) is 11.3 Å². The van der Waals surface area contributed by atoms with E-state index in [-0.39, 0.29) is 0 Å². The monoisotopic (exact) mass is 220 g/mol. The van der Waals surface area contributed by atoms with E-state index < -0.39 is 0 Å². The summed E-state index contributed by atoms with van der Waals surface area (Å²) in [5.74, 6) is 0.